The normalized spacial score (nSPS) is 11.5. The Morgan fingerprint density at radius 1 is 0.115 bits per heavy atom. The largest absolute Gasteiger partial charge is 0.208 e. The molecule has 139 heavy (non-hydrogen) atoms. The van der Waals surface area contributed by atoms with E-state index in [9.17, 15) is 0 Å². The molecule has 21 aromatic carbocycles. The predicted octanol–water partition coefficient (Wildman–Crippen LogP) is 34.7. The van der Waals surface area contributed by atoms with Crippen LogP contribution in [0.1, 0.15) is 0 Å². The van der Waals surface area contributed by atoms with Gasteiger partial charge in [-0.3, -0.25) is 0 Å². The number of aromatic nitrogens is 9. The van der Waals surface area contributed by atoms with E-state index in [0.717, 1.165) is 83.3 Å². The van der Waals surface area contributed by atoms with Gasteiger partial charge < -0.3 is 0 Å². The average Bonchev–Trinajstić information content (AvgIpc) is 1.60. The topological polar surface area (TPSA) is 116 Å². The lowest BCUT2D eigenvalue weighted by Crippen LogP contribution is -2.00. The molecule has 0 N–H and O–H groups in total. The van der Waals surface area contributed by atoms with Gasteiger partial charge in [-0.05, 0) is 165 Å². The zero-order chi connectivity index (χ0) is 92.1. The van der Waals surface area contributed by atoms with Gasteiger partial charge in [-0.1, -0.05) is 413 Å². The third-order valence-electron chi connectivity index (χ3n) is 26.0. The van der Waals surface area contributed by atoms with Gasteiger partial charge in [0.2, 0.25) is 0 Å². The van der Waals surface area contributed by atoms with Crippen molar-refractivity contribution < 1.29 is 0 Å². The van der Waals surface area contributed by atoms with Crippen LogP contribution < -0.4 is 0 Å². The molecular weight excluding hydrogens is 1750 g/mol. The summed E-state index contributed by atoms with van der Waals surface area (Å²) in [4.78, 5) is 45.4. The lowest BCUT2D eigenvalue weighted by molar-refractivity contribution is 1.07. The molecule has 27 rings (SSSR count). The molecule has 0 spiro atoms. The summed E-state index contributed by atoms with van der Waals surface area (Å²) in [6, 6.07) is 168. The van der Waals surface area contributed by atoms with E-state index in [1.807, 2.05) is 107 Å². The average molecular weight is 1830 g/mol. The number of thiophene rings is 3. The zero-order valence-electron chi connectivity index (χ0n) is 74.9. The van der Waals surface area contributed by atoms with Crippen molar-refractivity contribution in [3.63, 3.8) is 0 Å². The quantitative estimate of drug-likeness (QED) is 0.0981. The predicted molar refractivity (Wildman–Crippen MR) is 584 cm³/mol. The Morgan fingerprint density at radius 3 is 0.755 bits per heavy atom. The van der Waals surface area contributed by atoms with Crippen molar-refractivity contribution in [3.05, 3.63) is 479 Å². The Kier molecular flexibility index (Phi) is 21.7. The summed E-state index contributed by atoms with van der Waals surface area (Å²) in [5, 5.41) is 17.5. The minimum atomic E-state index is 0.646. The van der Waals surface area contributed by atoms with Crippen LogP contribution in [-0.4, -0.2) is 44.9 Å². The highest BCUT2D eigenvalue weighted by atomic mass is 32.1. The van der Waals surface area contributed by atoms with Crippen molar-refractivity contribution in [1.29, 1.82) is 0 Å². The van der Waals surface area contributed by atoms with Crippen molar-refractivity contribution in [2.75, 3.05) is 0 Å². The molecule has 0 bridgehead atoms. The molecule has 6 aromatic heterocycles. The summed E-state index contributed by atoms with van der Waals surface area (Å²) in [5.74, 6) is 5.86. The smallest absolute Gasteiger partial charge is 0.164 e. The van der Waals surface area contributed by atoms with Crippen LogP contribution in [0.3, 0.4) is 0 Å². The van der Waals surface area contributed by atoms with Crippen molar-refractivity contribution in [3.8, 4) is 158 Å². The van der Waals surface area contributed by atoms with Gasteiger partial charge in [0, 0.05) is 111 Å². The number of hydrogen-bond acceptors (Lipinski definition) is 12. The van der Waals surface area contributed by atoms with Gasteiger partial charge in [0.15, 0.2) is 52.4 Å². The van der Waals surface area contributed by atoms with Gasteiger partial charge in [0.05, 0.1) is 0 Å². The molecule has 0 saturated carbocycles. The Hall–Kier alpha value is -17.7. The second-order valence-corrected chi connectivity index (χ2v) is 37.8. The Balaban J connectivity index is 0.000000111. The molecule has 0 atom stereocenters. The van der Waals surface area contributed by atoms with Crippen LogP contribution in [0.4, 0.5) is 0 Å². The number of nitrogens with zero attached hydrogens (tertiary/aromatic N) is 9. The highest BCUT2D eigenvalue weighted by Gasteiger charge is 2.23. The molecule has 12 heteroatoms. The minimum Gasteiger partial charge on any atom is -0.208 e. The lowest BCUT2D eigenvalue weighted by atomic mass is 9.93. The Bertz CT molecular complexity index is 9360. The van der Waals surface area contributed by atoms with Gasteiger partial charge in [0.25, 0.3) is 0 Å². The van der Waals surface area contributed by atoms with Gasteiger partial charge in [-0.15, -0.1) is 34.0 Å². The van der Waals surface area contributed by atoms with E-state index in [4.69, 9.17) is 44.9 Å². The number of benzene rings is 21. The summed E-state index contributed by atoms with van der Waals surface area (Å²) in [6.45, 7) is 0. The van der Waals surface area contributed by atoms with Crippen molar-refractivity contribution in [2.24, 2.45) is 0 Å². The molecule has 0 aliphatic rings. The summed E-state index contributed by atoms with van der Waals surface area (Å²) in [6.07, 6.45) is 0. The van der Waals surface area contributed by atoms with Gasteiger partial charge in [-0.25, -0.2) is 44.9 Å². The number of hydrogen-bond donors (Lipinski definition) is 0. The SMILES string of the molecule is c1ccc(-c2ccc(-c3nc(-c4ccccc4)nc(-c4cccc(-c5cccc6sc7ccccc7c56)c4)n3)cc2)cc1.c1ccc(-c2cccc(-c3nc(-c4ccccc4)nc(-c4cccc(-c5cccc6sc7ccccc7c56)c4)n3)c2)cc1.c1ccc2cc(-c3nc(-c4ccc(-c5cccc6sc7ccccc7c56)cc4)nc(-c4ccc5c6ccccc6c6ccccc6c5c4)n3)ccc2c1. The fourth-order valence-corrected chi connectivity index (χ4v) is 22.6. The molecule has 0 aliphatic heterocycles. The highest BCUT2D eigenvalue weighted by Crippen LogP contribution is 2.47. The van der Waals surface area contributed by atoms with Gasteiger partial charge in [-0.2, -0.15) is 0 Å². The maximum Gasteiger partial charge on any atom is 0.164 e. The molecule has 0 radical (unpaired) electrons. The van der Waals surface area contributed by atoms with Crippen LogP contribution in [0.15, 0.2) is 479 Å². The molecule has 9 nitrogen and oxygen atoms in total. The van der Waals surface area contributed by atoms with E-state index in [0.29, 0.717) is 52.4 Å². The molecule has 0 aliphatic carbocycles. The maximum absolute atomic E-state index is 5.18. The first-order chi connectivity index (χ1) is 68.8. The fourth-order valence-electron chi connectivity index (χ4n) is 19.2. The van der Waals surface area contributed by atoms with Crippen LogP contribution in [0.25, 0.3) is 262 Å². The summed E-state index contributed by atoms with van der Waals surface area (Å²) >= 11 is 5.52. The Labute approximate surface area is 813 Å². The lowest BCUT2D eigenvalue weighted by Gasteiger charge is -2.13. The molecule has 0 unspecified atom stereocenters. The van der Waals surface area contributed by atoms with E-state index in [1.165, 1.54) is 126 Å². The van der Waals surface area contributed by atoms with Crippen LogP contribution in [0.5, 0.6) is 0 Å². The fraction of sp³-hybridized carbons (Fsp3) is 0. The van der Waals surface area contributed by atoms with Crippen LogP contribution >= 0.6 is 34.0 Å². The molecule has 0 amide bonds. The van der Waals surface area contributed by atoms with Crippen molar-refractivity contribution in [1.82, 2.24) is 44.9 Å². The maximum atomic E-state index is 5.18. The van der Waals surface area contributed by atoms with E-state index < -0.39 is 0 Å². The van der Waals surface area contributed by atoms with Crippen molar-refractivity contribution >= 4 is 138 Å². The summed E-state index contributed by atoms with van der Waals surface area (Å²) in [5.41, 5.74) is 20.3. The summed E-state index contributed by atoms with van der Waals surface area (Å²) < 4.78 is 7.78. The first kappa shape index (κ1) is 83.2. The first-order valence-corrected chi connectivity index (χ1v) is 48.9. The van der Waals surface area contributed by atoms with Crippen molar-refractivity contribution in [2.45, 2.75) is 0 Å². The molecule has 650 valence electrons. The van der Waals surface area contributed by atoms with E-state index in [1.54, 1.807) is 0 Å². The second-order valence-electron chi connectivity index (χ2n) is 34.5. The Morgan fingerprint density at radius 2 is 0.345 bits per heavy atom. The molecule has 0 saturated heterocycles. The number of rotatable bonds is 14. The van der Waals surface area contributed by atoms with Crippen LogP contribution in [0, 0.1) is 0 Å². The molecule has 27 aromatic rings. The van der Waals surface area contributed by atoms with E-state index >= 15 is 0 Å². The third-order valence-corrected chi connectivity index (χ3v) is 29.4. The second kappa shape index (κ2) is 36.3. The van der Waals surface area contributed by atoms with E-state index in [-0.39, 0.29) is 0 Å². The van der Waals surface area contributed by atoms with Crippen LogP contribution in [-0.2, 0) is 0 Å². The van der Waals surface area contributed by atoms with Gasteiger partial charge in [0.1, 0.15) is 0 Å². The molecule has 0 fully saturated rings. The summed E-state index contributed by atoms with van der Waals surface area (Å²) in [7, 11) is 0. The van der Waals surface area contributed by atoms with Crippen LogP contribution in [0.2, 0.25) is 0 Å². The monoisotopic (exact) mass is 1830 g/mol. The molecule has 6 heterocycles. The minimum absolute atomic E-state index is 0.646. The van der Waals surface area contributed by atoms with E-state index in [2.05, 4.69) is 406 Å². The third kappa shape index (κ3) is 16.2. The number of fused-ring (bicyclic) bond motifs is 16. The zero-order valence-corrected chi connectivity index (χ0v) is 77.3. The first-order valence-electron chi connectivity index (χ1n) is 46.4. The highest BCUT2D eigenvalue weighted by molar-refractivity contribution is 7.26. The van der Waals surface area contributed by atoms with Gasteiger partial charge >= 0.3 is 0 Å². The molecular formula is C127H79N9S3. The standard InChI is InChI=1S/C49H29N3S.2C39H25N3S/c1-2-11-33-28-34(25-20-30(33)10-1)48-50-47(32-23-21-31(22-24-32)36-17-9-19-45-46(36)42-16-7-8-18-44(42)53-45)51-49(52-48)35-26-27-41-39-14-4-3-12-37(39)38-13-5-6-15-40(38)43(41)29-35;1-3-12-26(13-4-1)28-16-9-18-30(24-28)38-40-37(27-14-5-2-6-15-27)41-39(42-38)31-19-10-17-29(25-31)32-21-11-23-35-36(32)33-20-7-8-22-34(33)43-35;1-3-11-26(12-4-1)27-21-23-29(24-22-27)38-40-37(28-13-5-2-6-14-28)41-39(42-38)31-16-9-15-30(25-31)32-18-10-20-35-36(32)33-17-7-8-19-34(33)43-35/h1-29H;2*1-25H.